The van der Waals surface area contributed by atoms with Crippen molar-refractivity contribution in [2.75, 3.05) is 11.1 Å². The second-order valence-corrected chi connectivity index (χ2v) is 6.83. The molecule has 4 heteroatoms. The van der Waals surface area contributed by atoms with Crippen LogP contribution in [0.3, 0.4) is 0 Å². The number of thioether (sulfide) groups is 1. The van der Waals surface area contributed by atoms with E-state index < -0.39 is 0 Å². The lowest BCUT2D eigenvalue weighted by Gasteiger charge is -2.11. The van der Waals surface area contributed by atoms with Gasteiger partial charge >= 0.3 is 0 Å². The molecule has 0 fully saturated rings. The molecule has 22 heavy (non-hydrogen) atoms. The normalized spacial score (nSPS) is 10.5. The van der Waals surface area contributed by atoms with E-state index in [9.17, 15) is 4.79 Å². The summed E-state index contributed by atoms with van der Waals surface area (Å²) in [5, 5.41) is 3.53. The molecule has 0 saturated carbocycles. The molecular weight excluding hydrogens is 314 g/mol. The van der Waals surface area contributed by atoms with Crippen molar-refractivity contribution < 1.29 is 4.79 Å². The van der Waals surface area contributed by atoms with Crippen molar-refractivity contribution in [3.8, 4) is 0 Å². The molecule has 0 heterocycles. The van der Waals surface area contributed by atoms with Gasteiger partial charge in [-0.25, -0.2) is 0 Å². The lowest BCUT2D eigenvalue weighted by Crippen LogP contribution is -2.13. The zero-order chi connectivity index (χ0) is 15.9. The Morgan fingerprint density at radius 1 is 1.18 bits per heavy atom. The number of anilines is 1. The number of benzene rings is 2. The van der Waals surface area contributed by atoms with E-state index in [1.807, 2.05) is 44.2 Å². The van der Waals surface area contributed by atoms with Crippen LogP contribution in [-0.2, 0) is 4.79 Å². The minimum Gasteiger partial charge on any atom is -0.325 e. The van der Waals surface area contributed by atoms with Crippen molar-refractivity contribution in [2.24, 2.45) is 0 Å². The Hall–Kier alpha value is -1.45. The summed E-state index contributed by atoms with van der Waals surface area (Å²) < 4.78 is 0. The Kier molecular flexibility index (Phi) is 6.34. The molecular formula is C18H20ClNOS. The smallest absolute Gasteiger partial charge is 0.224 e. The molecule has 0 atom stereocenters. The number of aryl methyl sites for hydroxylation is 2. The predicted molar refractivity (Wildman–Crippen MR) is 96.0 cm³/mol. The molecule has 2 aromatic carbocycles. The van der Waals surface area contributed by atoms with E-state index >= 15 is 0 Å². The van der Waals surface area contributed by atoms with Crippen molar-refractivity contribution in [1.82, 2.24) is 0 Å². The van der Waals surface area contributed by atoms with Crippen LogP contribution in [0, 0.1) is 13.8 Å². The third-order valence-corrected chi connectivity index (χ3v) is 4.65. The van der Waals surface area contributed by atoms with Crippen LogP contribution >= 0.6 is 23.4 Å². The van der Waals surface area contributed by atoms with Gasteiger partial charge in [0.15, 0.2) is 0 Å². The first-order chi connectivity index (χ1) is 10.6. The van der Waals surface area contributed by atoms with Crippen molar-refractivity contribution in [3.63, 3.8) is 0 Å². The second-order valence-electron chi connectivity index (χ2n) is 5.25. The molecule has 0 aliphatic carbocycles. The Bertz CT molecular complexity index is 620. The largest absolute Gasteiger partial charge is 0.325 e. The van der Waals surface area contributed by atoms with Crippen LogP contribution in [0.25, 0.3) is 0 Å². The van der Waals surface area contributed by atoms with Crippen LogP contribution in [0.2, 0.25) is 5.02 Å². The predicted octanol–water partition coefficient (Wildman–Crippen LogP) is 5.47. The highest BCUT2D eigenvalue weighted by molar-refractivity contribution is 7.99. The number of carbonyl (C=O) groups is 1. The van der Waals surface area contributed by atoms with Crippen LogP contribution in [0.15, 0.2) is 47.4 Å². The van der Waals surface area contributed by atoms with E-state index in [0.717, 1.165) is 29.0 Å². The summed E-state index contributed by atoms with van der Waals surface area (Å²) >= 11 is 7.97. The van der Waals surface area contributed by atoms with Crippen LogP contribution in [0.1, 0.15) is 24.0 Å². The van der Waals surface area contributed by atoms with Gasteiger partial charge in [0.05, 0.1) is 10.7 Å². The average molecular weight is 334 g/mol. The lowest BCUT2D eigenvalue weighted by molar-refractivity contribution is -0.116. The Morgan fingerprint density at radius 2 is 1.91 bits per heavy atom. The summed E-state index contributed by atoms with van der Waals surface area (Å²) in [5.41, 5.74) is 2.82. The summed E-state index contributed by atoms with van der Waals surface area (Å²) in [6.07, 6.45) is 1.34. The van der Waals surface area contributed by atoms with Crippen LogP contribution in [0.4, 0.5) is 5.69 Å². The average Bonchev–Trinajstić information content (AvgIpc) is 2.48. The van der Waals surface area contributed by atoms with E-state index in [4.69, 9.17) is 11.6 Å². The minimum absolute atomic E-state index is 0.0162. The monoisotopic (exact) mass is 333 g/mol. The van der Waals surface area contributed by atoms with E-state index in [1.54, 1.807) is 11.8 Å². The molecule has 0 aromatic heterocycles. The minimum atomic E-state index is 0.0162. The number of hydrogen-bond donors (Lipinski definition) is 1. The third-order valence-electron chi connectivity index (χ3n) is 3.26. The summed E-state index contributed by atoms with van der Waals surface area (Å²) in [5.74, 6) is 0.945. The second kappa shape index (κ2) is 8.25. The number of halogens is 1. The molecule has 0 aliphatic heterocycles. The van der Waals surface area contributed by atoms with Crippen molar-refractivity contribution >= 4 is 35.0 Å². The molecule has 116 valence electrons. The number of hydrogen-bond acceptors (Lipinski definition) is 2. The first-order valence-corrected chi connectivity index (χ1v) is 8.67. The van der Waals surface area contributed by atoms with Crippen LogP contribution < -0.4 is 5.32 Å². The quantitative estimate of drug-likeness (QED) is 0.561. The summed E-state index contributed by atoms with van der Waals surface area (Å²) in [6, 6.07) is 14.1. The topological polar surface area (TPSA) is 29.1 Å². The maximum atomic E-state index is 12.0. The van der Waals surface area contributed by atoms with Crippen molar-refractivity contribution in [1.29, 1.82) is 0 Å². The molecule has 1 N–H and O–H groups in total. The molecule has 0 aliphatic rings. The van der Waals surface area contributed by atoms with Gasteiger partial charge < -0.3 is 5.32 Å². The highest BCUT2D eigenvalue weighted by atomic mass is 35.5. The number of nitrogens with one attached hydrogen (secondary N) is 1. The fourth-order valence-corrected chi connectivity index (χ4v) is 3.46. The first kappa shape index (κ1) is 16.9. The summed E-state index contributed by atoms with van der Waals surface area (Å²) in [6.45, 7) is 3.95. The lowest BCUT2D eigenvalue weighted by atomic mass is 10.1. The Balaban J connectivity index is 1.79. The molecule has 1 amide bonds. The third kappa shape index (κ3) is 5.08. The summed E-state index contributed by atoms with van der Waals surface area (Å²) in [7, 11) is 0. The zero-order valence-electron chi connectivity index (χ0n) is 12.9. The molecule has 2 nitrogen and oxygen atoms in total. The fraction of sp³-hybridized carbons (Fsp3) is 0.278. The van der Waals surface area contributed by atoms with E-state index in [-0.39, 0.29) is 5.91 Å². The van der Waals surface area contributed by atoms with E-state index in [1.165, 1.54) is 4.90 Å². The number of rotatable bonds is 6. The molecule has 2 rings (SSSR count). The first-order valence-electron chi connectivity index (χ1n) is 7.30. The van der Waals surface area contributed by atoms with Crippen molar-refractivity contribution in [3.05, 3.63) is 58.6 Å². The van der Waals surface area contributed by atoms with Gasteiger partial charge in [0.2, 0.25) is 5.91 Å². The highest BCUT2D eigenvalue weighted by Crippen LogP contribution is 2.27. The fourth-order valence-electron chi connectivity index (χ4n) is 2.22. The van der Waals surface area contributed by atoms with Gasteiger partial charge in [-0.15, -0.1) is 11.8 Å². The van der Waals surface area contributed by atoms with Gasteiger partial charge in [-0.05, 0) is 55.3 Å². The number of amides is 1. The van der Waals surface area contributed by atoms with Gasteiger partial charge in [-0.2, -0.15) is 0 Å². The SMILES string of the molecule is Cc1cc(C)c(NC(=O)CCCSc2ccccc2)c(Cl)c1. The highest BCUT2D eigenvalue weighted by Gasteiger charge is 2.09. The van der Waals surface area contributed by atoms with Crippen LogP contribution in [-0.4, -0.2) is 11.7 Å². The zero-order valence-corrected chi connectivity index (χ0v) is 14.4. The van der Waals surface area contributed by atoms with Crippen LogP contribution in [0.5, 0.6) is 0 Å². The molecule has 0 bridgehead atoms. The molecule has 0 spiro atoms. The van der Waals surface area contributed by atoms with E-state index in [0.29, 0.717) is 11.4 Å². The van der Waals surface area contributed by atoms with Gasteiger partial charge in [0, 0.05) is 11.3 Å². The molecule has 0 radical (unpaired) electrons. The van der Waals surface area contributed by atoms with Gasteiger partial charge in [0.25, 0.3) is 0 Å². The van der Waals surface area contributed by atoms with E-state index in [2.05, 4.69) is 17.4 Å². The van der Waals surface area contributed by atoms with Crippen molar-refractivity contribution in [2.45, 2.75) is 31.6 Å². The van der Waals surface area contributed by atoms with Gasteiger partial charge in [-0.1, -0.05) is 35.9 Å². The Morgan fingerprint density at radius 3 is 2.59 bits per heavy atom. The standard InChI is InChI=1S/C18H20ClNOS/c1-13-11-14(2)18(16(19)12-13)20-17(21)9-6-10-22-15-7-4-3-5-8-15/h3-5,7-8,11-12H,6,9-10H2,1-2H3,(H,20,21). The molecule has 0 saturated heterocycles. The number of carbonyl (C=O) groups excluding carboxylic acids is 1. The maximum absolute atomic E-state index is 12.0. The molecule has 2 aromatic rings. The Labute approximate surface area is 141 Å². The molecule has 0 unspecified atom stereocenters. The van der Waals surface area contributed by atoms with Gasteiger partial charge in [-0.3, -0.25) is 4.79 Å². The van der Waals surface area contributed by atoms with Gasteiger partial charge in [0.1, 0.15) is 0 Å². The summed E-state index contributed by atoms with van der Waals surface area (Å²) in [4.78, 5) is 13.3. The maximum Gasteiger partial charge on any atom is 0.224 e.